The van der Waals surface area contributed by atoms with Gasteiger partial charge in [0.15, 0.2) is 0 Å². The van der Waals surface area contributed by atoms with Crippen molar-refractivity contribution in [1.82, 2.24) is 5.32 Å². The van der Waals surface area contributed by atoms with Crippen molar-refractivity contribution >= 4 is 11.9 Å². The normalized spacial score (nSPS) is 13.1. The molecule has 0 aliphatic carbocycles. The van der Waals surface area contributed by atoms with Crippen LogP contribution in [0.15, 0.2) is 0 Å². The van der Waals surface area contributed by atoms with Gasteiger partial charge in [-0.2, -0.15) is 0 Å². The van der Waals surface area contributed by atoms with Crippen LogP contribution in [-0.4, -0.2) is 29.6 Å². The van der Waals surface area contributed by atoms with E-state index in [1.807, 2.05) is 0 Å². The summed E-state index contributed by atoms with van der Waals surface area (Å²) in [5.74, 6) is -1.44. The third-order valence-corrected chi connectivity index (χ3v) is 3.23. The molecule has 0 spiro atoms. The molecule has 0 fully saturated rings. The Morgan fingerprint density at radius 3 is 2.42 bits per heavy atom. The molecule has 0 aromatic carbocycles. The maximum atomic E-state index is 11.6. The van der Waals surface area contributed by atoms with Gasteiger partial charge in [-0.3, -0.25) is 9.59 Å². The van der Waals surface area contributed by atoms with Crippen LogP contribution in [0, 0.1) is 5.41 Å². The molecule has 1 atom stereocenters. The fourth-order valence-electron chi connectivity index (χ4n) is 2.11. The Labute approximate surface area is 115 Å². The highest BCUT2D eigenvalue weighted by atomic mass is 16.4. The highest BCUT2D eigenvalue weighted by Gasteiger charge is 2.25. The van der Waals surface area contributed by atoms with Crippen LogP contribution in [-0.2, 0) is 9.59 Å². The van der Waals surface area contributed by atoms with Gasteiger partial charge >= 0.3 is 5.97 Å². The van der Waals surface area contributed by atoms with Gasteiger partial charge in [-0.25, -0.2) is 0 Å². The first-order valence-electron chi connectivity index (χ1n) is 7.03. The molecule has 0 rings (SSSR count). The Morgan fingerprint density at radius 1 is 1.26 bits per heavy atom. The van der Waals surface area contributed by atoms with Gasteiger partial charge < -0.3 is 16.2 Å². The molecular weight excluding hydrogens is 244 g/mol. The van der Waals surface area contributed by atoms with Crippen LogP contribution in [0.1, 0.15) is 59.3 Å². The number of nitrogens with one attached hydrogen (secondary N) is 1. The first-order chi connectivity index (χ1) is 8.78. The summed E-state index contributed by atoms with van der Waals surface area (Å²) in [6.07, 6.45) is 6.40. The maximum Gasteiger partial charge on any atom is 0.322 e. The fraction of sp³-hybridized carbons (Fsp3) is 0.857. The SMILES string of the molecule is CCCCCCC(C)(C)C[C@H](N)C(=O)NCC(=O)O. The summed E-state index contributed by atoms with van der Waals surface area (Å²) in [6.45, 7) is 6.00. The molecule has 0 aromatic heterocycles. The number of carbonyl (C=O) groups is 2. The Morgan fingerprint density at radius 2 is 1.89 bits per heavy atom. The summed E-state index contributed by atoms with van der Waals surface area (Å²) in [5, 5.41) is 10.8. The Kier molecular flexibility index (Phi) is 8.39. The van der Waals surface area contributed by atoms with Crippen LogP contribution in [0.5, 0.6) is 0 Å². The number of unbranched alkanes of at least 4 members (excludes halogenated alkanes) is 3. The molecule has 0 aromatic rings. The Balaban J connectivity index is 4.02. The van der Waals surface area contributed by atoms with E-state index < -0.39 is 12.0 Å². The van der Waals surface area contributed by atoms with Crippen molar-refractivity contribution in [3.05, 3.63) is 0 Å². The number of carboxylic acids is 1. The molecule has 0 unspecified atom stereocenters. The third-order valence-electron chi connectivity index (χ3n) is 3.23. The first kappa shape index (κ1) is 17.9. The molecule has 5 heteroatoms. The van der Waals surface area contributed by atoms with Gasteiger partial charge in [-0.15, -0.1) is 0 Å². The van der Waals surface area contributed by atoms with Crippen LogP contribution < -0.4 is 11.1 Å². The van der Waals surface area contributed by atoms with Crippen LogP contribution in [0.25, 0.3) is 0 Å². The minimum Gasteiger partial charge on any atom is -0.480 e. The molecule has 0 aliphatic heterocycles. The molecule has 0 saturated heterocycles. The molecule has 5 nitrogen and oxygen atoms in total. The maximum absolute atomic E-state index is 11.6. The fourth-order valence-corrected chi connectivity index (χ4v) is 2.11. The zero-order valence-electron chi connectivity index (χ0n) is 12.4. The van der Waals surface area contributed by atoms with Crippen molar-refractivity contribution in [2.24, 2.45) is 11.1 Å². The third kappa shape index (κ3) is 9.47. The number of carboxylic acid groups (broad SMARTS) is 1. The highest BCUT2D eigenvalue weighted by molar-refractivity contribution is 5.84. The van der Waals surface area contributed by atoms with E-state index in [9.17, 15) is 9.59 Å². The van der Waals surface area contributed by atoms with Crippen LogP contribution >= 0.6 is 0 Å². The summed E-state index contributed by atoms with van der Waals surface area (Å²) in [4.78, 5) is 22.0. The summed E-state index contributed by atoms with van der Waals surface area (Å²) >= 11 is 0. The lowest BCUT2D eigenvalue weighted by molar-refractivity contribution is -0.138. The van der Waals surface area contributed by atoms with E-state index in [1.165, 1.54) is 19.3 Å². The molecule has 0 bridgehead atoms. The van der Waals surface area contributed by atoms with E-state index in [0.717, 1.165) is 12.8 Å². The zero-order valence-corrected chi connectivity index (χ0v) is 12.4. The van der Waals surface area contributed by atoms with Gasteiger partial charge in [0.25, 0.3) is 0 Å². The monoisotopic (exact) mass is 272 g/mol. The topological polar surface area (TPSA) is 92.4 Å². The lowest BCUT2D eigenvalue weighted by Gasteiger charge is -2.27. The zero-order chi connectivity index (χ0) is 14.9. The van der Waals surface area contributed by atoms with Crippen molar-refractivity contribution in [3.63, 3.8) is 0 Å². The van der Waals surface area contributed by atoms with Crippen molar-refractivity contribution in [3.8, 4) is 0 Å². The molecule has 4 N–H and O–H groups in total. The Bertz CT molecular complexity index is 290. The molecular formula is C14H28N2O3. The summed E-state index contributed by atoms with van der Waals surface area (Å²) < 4.78 is 0. The number of amides is 1. The van der Waals surface area contributed by atoms with Gasteiger partial charge in [0.2, 0.25) is 5.91 Å². The number of carbonyl (C=O) groups excluding carboxylic acids is 1. The first-order valence-corrected chi connectivity index (χ1v) is 7.03. The summed E-state index contributed by atoms with van der Waals surface area (Å²) in [6, 6.07) is -0.638. The van der Waals surface area contributed by atoms with Crippen molar-refractivity contribution < 1.29 is 14.7 Å². The minimum absolute atomic E-state index is 0.00766. The van der Waals surface area contributed by atoms with E-state index in [0.29, 0.717) is 6.42 Å². The average molecular weight is 272 g/mol. The van der Waals surface area contributed by atoms with Gasteiger partial charge in [0.1, 0.15) is 6.54 Å². The number of nitrogens with two attached hydrogens (primary N) is 1. The molecule has 0 radical (unpaired) electrons. The minimum atomic E-state index is -1.06. The van der Waals surface area contributed by atoms with Crippen LogP contribution in [0.2, 0.25) is 0 Å². The molecule has 1 amide bonds. The summed E-state index contributed by atoms with van der Waals surface area (Å²) in [7, 11) is 0. The number of hydrogen-bond acceptors (Lipinski definition) is 3. The molecule has 112 valence electrons. The highest BCUT2D eigenvalue weighted by Crippen LogP contribution is 2.29. The molecule has 0 saturated carbocycles. The molecule has 0 aliphatic rings. The predicted octanol–water partition coefficient (Wildman–Crippen LogP) is 1.90. The van der Waals surface area contributed by atoms with E-state index in [-0.39, 0.29) is 17.9 Å². The van der Waals surface area contributed by atoms with Crippen molar-refractivity contribution in [2.45, 2.75) is 65.3 Å². The van der Waals surface area contributed by atoms with Gasteiger partial charge in [-0.1, -0.05) is 46.5 Å². The van der Waals surface area contributed by atoms with E-state index in [1.54, 1.807) is 0 Å². The number of aliphatic carboxylic acids is 1. The van der Waals surface area contributed by atoms with E-state index >= 15 is 0 Å². The smallest absolute Gasteiger partial charge is 0.322 e. The lowest BCUT2D eigenvalue weighted by Crippen LogP contribution is -2.44. The molecule has 0 heterocycles. The van der Waals surface area contributed by atoms with Gasteiger partial charge in [0, 0.05) is 0 Å². The standard InChI is InChI=1S/C14H28N2O3/c1-4-5-6-7-8-14(2,3)9-11(15)13(19)16-10-12(17)18/h11H,4-10,15H2,1-3H3,(H,16,19)(H,17,18)/t11-/m0/s1. The van der Waals surface area contributed by atoms with E-state index in [4.69, 9.17) is 10.8 Å². The number of rotatable bonds is 10. The van der Waals surface area contributed by atoms with Crippen molar-refractivity contribution in [2.75, 3.05) is 6.54 Å². The van der Waals surface area contributed by atoms with Crippen LogP contribution in [0.4, 0.5) is 0 Å². The average Bonchev–Trinajstić information content (AvgIpc) is 2.31. The number of hydrogen-bond donors (Lipinski definition) is 3. The van der Waals surface area contributed by atoms with E-state index in [2.05, 4.69) is 26.1 Å². The van der Waals surface area contributed by atoms with Gasteiger partial charge in [0.05, 0.1) is 6.04 Å². The second-order valence-electron chi connectivity index (χ2n) is 5.90. The second kappa shape index (κ2) is 8.91. The second-order valence-corrected chi connectivity index (χ2v) is 5.90. The predicted molar refractivity (Wildman–Crippen MR) is 75.8 cm³/mol. The quantitative estimate of drug-likeness (QED) is 0.530. The largest absolute Gasteiger partial charge is 0.480 e. The van der Waals surface area contributed by atoms with Gasteiger partial charge in [-0.05, 0) is 18.3 Å². The Hall–Kier alpha value is -1.10. The summed E-state index contributed by atoms with van der Waals surface area (Å²) in [5.41, 5.74) is 5.82. The lowest BCUT2D eigenvalue weighted by atomic mass is 9.81. The molecule has 19 heavy (non-hydrogen) atoms. The van der Waals surface area contributed by atoms with Crippen molar-refractivity contribution in [1.29, 1.82) is 0 Å². The van der Waals surface area contributed by atoms with Crippen LogP contribution in [0.3, 0.4) is 0 Å².